The molecule has 0 radical (unpaired) electrons. The van der Waals surface area contributed by atoms with Gasteiger partial charge < -0.3 is 14.6 Å². The van der Waals surface area contributed by atoms with Crippen molar-refractivity contribution in [3.05, 3.63) is 34.2 Å². The molecule has 102 valence electrons. The predicted molar refractivity (Wildman–Crippen MR) is 67.8 cm³/mol. The first-order valence-corrected chi connectivity index (χ1v) is 6.21. The molecule has 1 amide bonds. The van der Waals surface area contributed by atoms with Gasteiger partial charge in [0.15, 0.2) is 0 Å². The Morgan fingerprint density at radius 2 is 2.16 bits per heavy atom. The zero-order chi connectivity index (χ0) is 13.8. The molecule has 0 aromatic carbocycles. The molecule has 2 heterocycles. The maximum Gasteiger partial charge on any atom is 0.328 e. The smallest absolute Gasteiger partial charge is 0.328 e. The van der Waals surface area contributed by atoms with Crippen molar-refractivity contribution in [3.8, 4) is 0 Å². The molecule has 0 bridgehead atoms. The number of nitrogens with zero attached hydrogens (tertiary/aromatic N) is 1. The number of piperidine rings is 1. The van der Waals surface area contributed by atoms with Crippen LogP contribution in [0, 0.1) is 0 Å². The van der Waals surface area contributed by atoms with Crippen molar-refractivity contribution in [2.24, 2.45) is 0 Å². The highest BCUT2D eigenvalue weighted by atomic mass is 16.5. The number of rotatable bonds is 2. The molecule has 1 aliphatic heterocycles. The molecule has 0 saturated carbocycles. The zero-order valence-corrected chi connectivity index (χ0v) is 10.7. The van der Waals surface area contributed by atoms with E-state index in [-0.39, 0.29) is 11.5 Å². The monoisotopic (exact) mass is 264 g/mol. The second kappa shape index (κ2) is 5.69. The summed E-state index contributed by atoms with van der Waals surface area (Å²) >= 11 is 0. The fourth-order valence-electron chi connectivity index (χ4n) is 2.27. The number of hydrogen-bond acceptors (Lipinski definition) is 4. The third kappa shape index (κ3) is 2.83. The van der Waals surface area contributed by atoms with Gasteiger partial charge >= 0.3 is 5.97 Å². The second-order valence-corrected chi connectivity index (χ2v) is 4.47. The number of esters is 1. The van der Waals surface area contributed by atoms with E-state index in [1.807, 2.05) is 0 Å². The molecule has 1 saturated heterocycles. The zero-order valence-electron chi connectivity index (χ0n) is 10.7. The molecule has 1 aliphatic rings. The Morgan fingerprint density at radius 1 is 1.37 bits per heavy atom. The molecule has 1 aromatic rings. The maximum atomic E-state index is 12.3. The Kier molecular flexibility index (Phi) is 3.99. The minimum Gasteiger partial charge on any atom is -0.467 e. The fraction of sp³-hybridized carbons (Fsp3) is 0.462. The van der Waals surface area contributed by atoms with Crippen molar-refractivity contribution in [2.75, 3.05) is 13.7 Å². The highest BCUT2D eigenvalue weighted by Gasteiger charge is 2.33. The Balaban J connectivity index is 2.22. The number of likely N-dealkylation sites (tertiary alicyclic amines) is 1. The summed E-state index contributed by atoms with van der Waals surface area (Å²) in [5, 5.41) is 0. The summed E-state index contributed by atoms with van der Waals surface area (Å²) in [5.41, 5.74) is 0.107. The maximum absolute atomic E-state index is 12.3. The van der Waals surface area contributed by atoms with Crippen LogP contribution in [0.15, 0.2) is 23.1 Å². The minimum absolute atomic E-state index is 0.258. The summed E-state index contributed by atoms with van der Waals surface area (Å²) in [5.74, 6) is -0.649. The van der Waals surface area contributed by atoms with Crippen molar-refractivity contribution >= 4 is 11.9 Å². The summed E-state index contributed by atoms with van der Waals surface area (Å²) in [6.45, 7) is 0.526. The van der Waals surface area contributed by atoms with Crippen molar-refractivity contribution in [2.45, 2.75) is 25.3 Å². The lowest BCUT2D eigenvalue weighted by molar-refractivity contribution is -0.147. The van der Waals surface area contributed by atoms with Gasteiger partial charge in [0.25, 0.3) is 5.91 Å². The number of methoxy groups -OCH3 is 1. The van der Waals surface area contributed by atoms with Gasteiger partial charge in [-0.25, -0.2) is 4.79 Å². The predicted octanol–water partition coefficient (Wildman–Crippen LogP) is 0.543. The van der Waals surface area contributed by atoms with Crippen LogP contribution < -0.4 is 5.56 Å². The Hall–Kier alpha value is -2.11. The highest BCUT2D eigenvalue weighted by molar-refractivity contribution is 5.96. The molecule has 19 heavy (non-hydrogen) atoms. The summed E-state index contributed by atoms with van der Waals surface area (Å²) in [7, 11) is 1.32. The third-order valence-corrected chi connectivity index (χ3v) is 3.27. The Labute approximate surface area is 110 Å². The molecule has 0 spiro atoms. The van der Waals surface area contributed by atoms with E-state index in [0.717, 1.165) is 12.8 Å². The average Bonchev–Trinajstić information content (AvgIpc) is 2.46. The normalized spacial score (nSPS) is 19.0. The van der Waals surface area contributed by atoms with Gasteiger partial charge in [-0.15, -0.1) is 0 Å². The largest absolute Gasteiger partial charge is 0.467 e. The SMILES string of the molecule is COC(=O)[C@H]1CCCCN1C(=O)c1ccc(=O)[nH]c1. The summed E-state index contributed by atoms with van der Waals surface area (Å²) in [4.78, 5) is 39.0. The first-order chi connectivity index (χ1) is 9.13. The molecular formula is C13H16N2O4. The van der Waals surface area contributed by atoms with Crippen LogP contribution in [0.1, 0.15) is 29.6 Å². The van der Waals surface area contributed by atoms with Gasteiger partial charge in [0.05, 0.1) is 12.7 Å². The van der Waals surface area contributed by atoms with Crippen LogP contribution in [0.4, 0.5) is 0 Å². The van der Waals surface area contributed by atoms with Gasteiger partial charge in [-0.1, -0.05) is 0 Å². The number of ether oxygens (including phenoxy) is 1. The Bertz CT molecular complexity index is 517. The van der Waals surface area contributed by atoms with Gasteiger partial charge in [0, 0.05) is 18.8 Å². The van der Waals surface area contributed by atoms with Gasteiger partial charge in [-0.3, -0.25) is 9.59 Å². The average molecular weight is 264 g/mol. The molecule has 2 rings (SSSR count). The van der Waals surface area contributed by atoms with Crippen molar-refractivity contribution < 1.29 is 14.3 Å². The van der Waals surface area contributed by atoms with Crippen LogP contribution >= 0.6 is 0 Å². The Morgan fingerprint density at radius 3 is 2.79 bits per heavy atom. The van der Waals surface area contributed by atoms with E-state index in [1.54, 1.807) is 0 Å². The van der Waals surface area contributed by atoms with Crippen molar-refractivity contribution in [1.82, 2.24) is 9.88 Å². The van der Waals surface area contributed by atoms with Crippen molar-refractivity contribution in [3.63, 3.8) is 0 Å². The van der Waals surface area contributed by atoms with Crippen LogP contribution in [0.25, 0.3) is 0 Å². The summed E-state index contributed by atoms with van der Waals surface area (Å²) < 4.78 is 4.73. The number of hydrogen-bond donors (Lipinski definition) is 1. The molecule has 1 N–H and O–H groups in total. The molecule has 1 atom stereocenters. The topological polar surface area (TPSA) is 79.5 Å². The van der Waals surface area contributed by atoms with Gasteiger partial charge in [0.2, 0.25) is 5.56 Å². The van der Waals surface area contributed by atoms with Crippen LogP contribution in [-0.2, 0) is 9.53 Å². The van der Waals surface area contributed by atoms with E-state index in [0.29, 0.717) is 18.5 Å². The number of H-pyrrole nitrogens is 1. The number of carbonyl (C=O) groups excluding carboxylic acids is 2. The number of amides is 1. The summed E-state index contributed by atoms with van der Waals surface area (Å²) in [6, 6.07) is 2.23. The van der Waals surface area contributed by atoms with Crippen molar-refractivity contribution in [1.29, 1.82) is 0 Å². The molecular weight excluding hydrogens is 248 g/mol. The third-order valence-electron chi connectivity index (χ3n) is 3.27. The number of aromatic amines is 1. The van der Waals surface area contributed by atoms with Crippen LogP contribution in [0.5, 0.6) is 0 Å². The second-order valence-electron chi connectivity index (χ2n) is 4.47. The van der Waals surface area contributed by atoms with E-state index in [9.17, 15) is 14.4 Å². The molecule has 0 unspecified atom stereocenters. The first kappa shape index (κ1) is 13.3. The molecule has 6 heteroatoms. The summed E-state index contributed by atoms with van der Waals surface area (Å²) in [6.07, 6.45) is 3.74. The van der Waals surface area contributed by atoms with E-state index < -0.39 is 12.0 Å². The minimum atomic E-state index is -0.529. The number of carbonyl (C=O) groups is 2. The van der Waals surface area contributed by atoms with E-state index in [2.05, 4.69) is 4.98 Å². The lowest BCUT2D eigenvalue weighted by Gasteiger charge is -2.33. The molecule has 0 aliphatic carbocycles. The van der Waals surface area contributed by atoms with Gasteiger partial charge in [-0.05, 0) is 25.3 Å². The van der Waals surface area contributed by atoms with Gasteiger partial charge in [0.1, 0.15) is 6.04 Å². The number of aromatic nitrogens is 1. The lowest BCUT2D eigenvalue weighted by Crippen LogP contribution is -2.48. The highest BCUT2D eigenvalue weighted by Crippen LogP contribution is 2.20. The quantitative estimate of drug-likeness (QED) is 0.791. The van der Waals surface area contributed by atoms with Gasteiger partial charge in [-0.2, -0.15) is 0 Å². The van der Waals surface area contributed by atoms with E-state index in [1.165, 1.54) is 30.3 Å². The lowest BCUT2D eigenvalue weighted by atomic mass is 10.0. The van der Waals surface area contributed by atoms with Crippen LogP contribution in [0.3, 0.4) is 0 Å². The number of pyridine rings is 1. The molecule has 1 aromatic heterocycles. The van der Waals surface area contributed by atoms with Crippen LogP contribution in [0.2, 0.25) is 0 Å². The van der Waals surface area contributed by atoms with Crippen LogP contribution in [-0.4, -0.2) is 41.5 Å². The molecule has 1 fully saturated rings. The van der Waals surface area contributed by atoms with E-state index in [4.69, 9.17) is 4.74 Å². The number of nitrogens with one attached hydrogen (secondary N) is 1. The molecule has 6 nitrogen and oxygen atoms in total. The fourth-order valence-corrected chi connectivity index (χ4v) is 2.27. The van der Waals surface area contributed by atoms with E-state index >= 15 is 0 Å². The standard InChI is InChI=1S/C13H16N2O4/c1-19-13(18)10-4-2-3-7-15(10)12(17)9-5-6-11(16)14-8-9/h5-6,8,10H,2-4,7H2,1H3,(H,14,16)/t10-/m1/s1. The first-order valence-electron chi connectivity index (χ1n) is 6.21.